The lowest BCUT2D eigenvalue weighted by atomic mass is 10.1. The molecule has 0 heterocycles. The first-order valence-corrected chi connectivity index (χ1v) is 10.9. The van der Waals surface area contributed by atoms with Crippen LogP contribution < -0.4 is 14.2 Å². The van der Waals surface area contributed by atoms with E-state index in [1.807, 2.05) is 20.8 Å². The molecule has 0 spiro atoms. The van der Waals surface area contributed by atoms with Crippen molar-refractivity contribution < 1.29 is 22.1 Å². The number of nitrogens with one attached hydrogen (secondary N) is 1. The number of carbonyl (C=O) groups is 1. The summed E-state index contributed by atoms with van der Waals surface area (Å²) < 4.78 is 35.9. The van der Waals surface area contributed by atoms with Crippen molar-refractivity contribution >= 4 is 16.1 Å². The van der Waals surface area contributed by atoms with E-state index in [1.54, 1.807) is 41.3 Å². The average molecular weight is 421 g/mol. The van der Waals surface area contributed by atoms with Gasteiger partial charge in [-0.15, -0.1) is 0 Å². The van der Waals surface area contributed by atoms with E-state index in [0.29, 0.717) is 17.9 Å². The molecule has 0 radical (unpaired) electrons. The van der Waals surface area contributed by atoms with Gasteiger partial charge in [-0.3, -0.25) is 0 Å². The molecule has 7 nitrogen and oxygen atoms in total. The Kier molecular flexibility index (Phi) is 7.90. The highest BCUT2D eigenvalue weighted by molar-refractivity contribution is 7.87. The third-order valence-electron chi connectivity index (χ3n) is 4.57. The van der Waals surface area contributed by atoms with E-state index >= 15 is 0 Å². The normalized spacial score (nSPS) is 12.1. The van der Waals surface area contributed by atoms with Gasteiger partial charge in [-0.05, 0) is 50.6 Å². The fraction of sp³-hybridized carbons (Fsp3) is 0.381. The molecule has 0 bridgehead atoms. The van der Waals surface area contributed by atoms with Crippen molar-refractivity contribution in [2.24, 2.45) is 0 Å². The van der Waals surface area contributed by atoms with Gasteiger partial charge < -0.3 is 19.1 Å². The molecule has 0 aliphatic carbocycles. The van der Waals surface area contributed by atoms with E-state index in [0.717, 1.165) is 6.42 Å². The summed E-state index contributed by atoms with van der Waals surface area (Å²) in [7, 11) is -2.52. The van der Waals surface area contributed by atoms with E-state index in [1.165, 1.54) is 19.2 Å². The van der Waals surface area contributed by atoms with Crippen molar-refractivity contribution in [2.45, 2.75) is 44.7 Å². The lowest BCUT2D eigenvalue weighted by Gasteiger charge is -2.29. The molecule has 1 atom stereocenters. The van der Waals surface area contributed by atoms with Crippen molar-refractivity contribution in [3.8, 4) is 11.5 Å². The lowest BCUT2D eigenvalue weighted by molar-refractivity contribution is 0.173. The van der Waals surface area contributed by atoms with Crippen LogP contribution in [-0.4, -0.2) is 39.0 Å². The predicted molar refractivity (Wildman–Crippen MR) is 112 cm³/mol. The Hall–Kier alpha value is -2.74. The first-order valence-electron chi connectivity index (χ1n) is 9.53. The van der Waals surface area contributed by atoms with E-state index in [9.17, 15) is 13.2 Å². The average Bonchev–Trinajstić information content (AvgIpc) is 2.72. The maximum absolute atomic E-state index is 12.7. The molecular formula is C21H28N2O5S. The highest BCUT2D eigenvalue weighted by Gasteiger charge is 2.23. The third kappa shape index (κ3) is 5.87. The summed E-state index contributed by atoms with van der Waals surface area (Å²) in [6.45, 7) is 6.54. The van der Waals surface area contributed by atoms with Crippen molar-refractivity contribution in [2.75, 3.05) is 13.7 Å². The number of hydrogen-bond donors (Lipinski definition) is 1. The number of benzene rings is 2. The summed E-state index contributed by atoms with van der Waals surface area (Å²) in [5.41, 5.74) is 0.608. The summed E-state index contributed by atoms with van der Waals surface area (Å²) in [6, 6.07) is 12.6. The Labute approximate surface area is 172 Å². The van der Waals surface area contributed by atoms with Gasteiger partial charge in [0.15, 0.2) is 0 Å². The Morgan fingerprint density at radius 2 is 1.76 bits per heavy atom. The lowest BCUT2D eigenvalue weighted by Crippen LogP contribution is -2.44. The molecule has 0 saturated carbocycles. The van der Waals surface area contributed by atoms with Gasteiger partial charge in [0.05, 0.1) is 13.7 Å². The summed E-state index contributed by atoms with van der Waals surface area (Å²) in [6.07, 6.45) is 0.768. The Balaban J connectivity index is 2.30. The summed E-state index contributed by atoms with van der Waals surface area (Å²) in [5, 5.41) is 2.80. The van der Waals surface area contributed by atoms with Crippen LogP contribution in [0.3, 0.4) is 0 Å². The summed E-state index contributed by atoms with van der Waals surface area (Å²) in [5.74, 6) is 0.747. The van der Waals surface area contributed by atoms with E-state index in [2.05, 4.69) is 5.32 Å². The molecule has 0 aliphatic heterocycles. The number of ether oxygens (including phenoxy) is 1. The number of carbonyl (C=O) groups excluding carboxylic acids is 1. The minimum atomic E-state index is -4.03. The number of rotatable bonds is 9. The van der Waals surface area contributed by atoms with Crippen LogP contribution in [-0.2, 0) is 16.7 Å². The van der Waals surface area contributed by atoms with Gasteiger partial charge in [0.1, 0.15) is 16.4 Å². The van der Waals surface area contributed by atoms with Gasteiger partial charge in [-0.25, -0.2) is 4.79 Å². The highest BCUT2D eigenvalue weighted by Crippen LogP contribution is 2.26. The zero-order valence-corrected chi connectivity index (χ0v) is 18.0. The molecule has 158 valence electrons. The van der Waals surface area contributed by atoms with Gasteiger partial charge in [0.2, 0.25) is 0 Å². The quantitative estimate of drug-likeness (QED) is 0.624. The van der Waals surface area contributed by atoms with Crippen LogP contribution in [0.4, 0.5) is 4.79 Å². The van der Waals surface area contributed by atoms with Crippen LogP contribution >= 0.6 is 0 Å². The molecule has 0 aromatic heterocycles. The maximum Gasteiger partial charge on any atom is 0.339 e. The second-order valence-corrected chi connectivity index (χ2v) is 8.09. The van der Waals surface area contributed by atoms with Crippen LogP contribution in [0.25, 0.3) is 0 Å². The Morgan fingerprint density at radius 3 is 2.34 bits per heavy atom. The fourth-order valence-electron chi connectivity index (χ4n) is 2.71. The largest absolute Gasteiger partial charge is 0.497 e. The number of amides is 2. The molecule has 2 aromatic rings. The van der Waals surface area contributed by atoms with Gasteiger partial charge in [-0.1, -0.05) is 25.1 Å². The second kappa shape index (κ2) is 10.2. The van der Waals surface area contributed by atoms with Gasteiger partial charge in [-0.2, -0.15) is 8.42 Å². The third-order valence-corrected chi connectivity index (χ3v) is 5.82. The van der Waals surface area contributed by atoms with E-state index in [-0.39, 0.29) is 29.3 Å². The topological polar surface area (TPSA) is 84.9 Å². The molecular weight excluding hydrogens is 392 g/mol. The molecule has 2 rings (SSSR count). The zero-order chi connectivity index (χ0) is 21.4. The van der Waals surface area contributed by atoms with Crippen molar-refractivity contribution in [3.63, 3.8) is 0 Å². The minimum absolute atomic E-state index is 0.0206. The smallest absolute Gasteiger partial charge is 0.339 e. The van der Waals surface area contributed by atoms with Gasteiger partial charge in [0, 0.05) is 18.2 Å². The fourth-order valence-corrected chi connectivity index (χ4v) is 3.67. The molecule has 29 heavy (non-hydrogen) atoms. The Bertz CT molecular complexity index is 913. The molecule has 2 amide bonds. The Morgan fingerprint density at radius 1 is 1.10 bits per heavy atom. The first kappa shape index (κ1) is 22.5. The van der Waals surface area contributed by atoms with Gasteiger partial charge >= 0.3 is 16.1 Å². The van der Waals surface area contributed by atoms with Crippen LogP contribution in [0, 0.1) is 0 Å². The molecule has 1 unspecified atom stereocenters. The predicted octanol–water partition coefficient (Wildman–Crippen LogP) is 3.79. The summed E-state index contributed by atoms with van der Waals surface area (Å²) in [4.78, 5) is 14.2. The van der Waals surface area contributed by atoms with Gasteiger partial charge in [0.25, 0.3) is 0 Å². The molecule has 0 aliphatic rings. The number of nitrogens with zero attached hydrogens (tertiary/aromatic N) is 1. The SMILES string of the molecule is CCNC(=O)N(Cc1ccccc1OS(=O)(=O)c1ccc(OC)cc1)C(C)CC. The van der Waals surface area contributed by atoms with Crippen LogP contribution in [0.1, 0.15) is 32.8 Å². The number of urea groups is 1. The monoisotopic (exact) mass is 420 g/mol. The first-order chi connectivity index (χ1) is 13.8. The van der Waals surface area contributed by atoms with Crippen molar-refractivity contribution in [1.29, 1.82) is 0 Å². The van der Waals surface area contributed by atoms with Crippen LogP contribution in [0.5, 0.6) is 11.5 Å². The molecule has 8 heteroatoms. The molecule has 0 fully saturated rings. The second-order valence-electron chi connectivity index (χ2n) is 6.54. The van der Waals surface area contributed by atoms with Crippen LogP contribution in [0.2, 0.25) is 0 Å². The number of methoxy groups -OCH3 is 1. The maximum atomic E-state index is 12.7. The minimum Gasteiger partial charge on any atom is -0.497 e. The summed E-state index contributed by atoms with van der Waals surface area (Å²) >= 11 is 0. The molecule has 1 N–H and O–H groups in total. The van der Waals surface area contributed by atoms with E-state index < -0.39 is 10.1 Å². The van der Waals surface area contributed by atoms with Crippen molar-refractivity contribution in [3.05, 3.63) is 54.1 Å². The molecule has 0 saturated heterocycles. The van der Waals surface area contributed by atoms with Crippen molar-refractivity contribution in [1.82, 2.24) is 10.2 Å². The number of para-hydroxylation sites is 1. The zero-order valence-electron chi connectivity index (χ0n) is 17.2. The van der Waals surface area contributed by atoms with Crippen LogP contribution in [0.15, 0.2) is 53.4 Å². The van der Waals surface area contributed by atoms with E-state index in [4.69, 9.17) is 8.92 Å². The standard InChI is InChI=1S/C21H28N2O5S/c1-5-16(3)23(21(24)22-6-2)15-17-9-7-8-10-20(17)28-29(25,26)19-13-11-18(27-4)12-14-19/h7-14,16H,5-6,15H2,1-4H3,(H,22,24). The highest BCUT2D eigenvalue weighted by atomic mass is 32.2. The molecule has 2 aromatic carbocycles. The number of hydrogen-bond acceptors (Lipinski definition) is 5.